The lowest BCUT2D eigenvalue weighted by molar-refractivity contribution is -0.0499. The first-order valence-corrected chi connectivity index (χ1v) is 7.74. The van der Waals surface area contributed by atoms with Crippen molar-refractivity contribution in [2.75, 3.05) is 0 Å². The molecule has 0 radical (unpaired) electrons. The molecule has 0 spiro atoms. The molecule has 0 bridgehead atoms. The van der Waals surface area contributed by atoms with Crippen molar-refractivity contribution in [3.8, 4) is 17.9 Å². The van der Waals surface area contributed by atoms with E-state index in [1.165, 1.54) is 34.9 Å². The smallest absolute Gasteiger partial charge is 0.387 e. The first-order chi connectivity index (χ1) is 12.0. The van der Waals surface area contributed by atoms with Gasteiger partial charge in [0.25, 0.3) is 5.56 Å². The Morgan fingerprint density at radius 2 is 2.04 bits per heavy atom. The van der Waals surface area contributed by atoms with Gasteiger partial charge in [-0.25, -0.2) is 0 Å². The van der Waals surface area contributed by atoms with Crippen LogP contribution in [0.2, 0.25) is 0 Å². The number of thiazole rings is 1. The van der Waals surface area contributed by atoms with Gasteiger partial charge >= 0.3 is 6.61 Å². The van der Waals surface area contributed by atoms with Crippen LogP contribution in [0.3, 0.4) is 0 Å². The number of para-hydroxylation sites is 1. The molecule has 1 aromatic carbocycles. The Balaban J connectivity index is 2.77. The zero-order valence-corrected chi connectivity index (χ0v) is 13.6. The molecule has 0 fully saturated rings. The normalized spacial score (nSPS) is 11.0. The van der Waals surface area contributed by atoms with E-state index in [1.807, 2.05) is 0 Å². The number of hydrogen-bond acceptors (Lipinski definition) is 5. The van der Waals surface area contributed by atoms with Gasteiger partial charge in [-0.15, -0.1) is 17.9 Å². The number of rotatable bonds is 5. The third kappa shape index (κ3) is 4.00. The summed E-state index contributed by atoms with van der Waals surface area (Å²) in [4.78, 5) is 12.5. The summed E-state index contributed by atoms with van der Waals surface area (Å²) in [7, 11) is 0. The minimum Gasteiger partial charge on any atom is -0.434 e. The van der Waals surface area contributed by atoms with Gasteiger partial charge in [-0.3, -0.25) is 9.36 Å². The molecule has 0 unspecified atom stereocenters. The van der Waals surface area contributed by atoms with Gasteiger partial charge in [0, 0.05) is 12.1 Å². The molecular weight excluding hydrogens is 348 g/mol. The second-order valence-electron chi connectivity index (χ2n) is 4.64. The fourth-order valence-corrected chi connectivity index (χ4v) is 3.12. The van der Waals surface area contributed by atoms with Gasteiger partial charge in [-0.1, -0.05) is 24.3 Å². The molecule has 1 aromatic heterocycles. The lowest BCUT2D eigenvalue weighted by atomic mass is 10.2. The van der Waals surface area contributed by atoms with Gasteiger partial charge in [-0.2, -0.15) is 19.3 Å². The fraction of sp³-hybridized carbons (Fsp3) is 0.118. The van der Waals surface area contributed by atoms with E-state index in [2.05, 4.69) is 11.3 Å². The predicted molar refractivity (Wildman–Crippen MR) is 89.3 cm³/mol. The summed E-state index contributed by atoms with van der Waals surface area (Å²) < 4.78 is 31.0. The largest absolute Gasteiger partial charge is 0.434 e. The van der Waals surface area contributed by atoms with Crippen LogP contribution in [-0.4, -0.2) is 11.2 Å². The maximum atomic E-state index is 12.5. The molecule has 0 amide bonds. The van der Waals surface area contributed by atoms with Gasteiger partial charge in [-0.05, 0) is 12.1 Å². The highest BCUT2D eigenvalue weighted by molar-refractivity contribution is 7.07. The minimum absolute atomic E-state index is 0.0770. The Kier molecular flexibility index (Phi) is 5.83. The Labute approximate surface area is 145 Å². The summed E-state index contributed by atoms with van der Waals surface area (Å²) in [6, 6.07) is 9.51. The molecule has 1 heterocycles. The molecule has 25 heavy (non-hydrogen) atoms. The highest BCUT2D eigenvalue weighted by Crippen LogP contribution is 2.20. The molecule has 2 aromatic rings. The van der Waals surface area contributed by atoms with E-state index >= 15 is 0 Å². The van der Waals surface area contributed by atoms with Gasteiger partial charge in [0.15, 0.2) is 5.57 Å². The summed E-state index contributed by atoms with van der Waals surface area (Å²) in [6.45, 7) is 0.660. The molecule has 0 aliphatic heterocycles. The van der Waals surface area contributed by atoms with Gasteiger partial charge in [0.05, 0.1) is 4.53 Å². The van der Waals surface area contributed by atoms with Crippen molar-refractivity contribution < 1.29 is 13.5 Å². The van der Waals surface area contributed by atoms with Crippen LogP contribution in [0.4, 0.5) is 8.78 Å². The molecule has 2 rings (SSSR count). The number of halogens is 2. The monoisotopic (exact) mass is 359 g/mol. The summed E-state index contributed by atoms with van der Waals surface area (Å²) in [6.07, 6.45) is 2.85. The van der Waals surface area contributed by atoms with Crippen molar-refractivity contribution in [3.05, 3.63) is 62.0 Å². The third-order valence-electron chi connectivity index (χ3n) is 3.08. The van der Waals surface area contributed by atoms with Crippen molar-refractivity contribution in [3.63, 3.8) is 0 Å². The molecule has 8 heteroatoms. The van der Waals surface area contributed by atoms with Crippen LogP contribution in [0.15, 0.2) is 41.7 Å². The molecule has 0 atom stereocenters. The highest BCUT2D eigenvalue weighted by atomic mass is 32.1. The van der Waals surface area contributed by atoms with Crippen molar-refractivity contribution in [1.82, 2.24) is 4.57 Å². The maximum Gasteiger partial charge on any atom is 0.387 e. The number of allylic oxidation sites excluding steroid dienone is 1. The first kappa shape index (κ1) is 18.1. The van der Waals surface area contributed by atoms with Crippen LogP contribution in [0.1, 0.15) is 5.56 Å². The number of hydrogen-bond donors (Lipinski definition) is 0. The molecule has 0 N–H and O–H groups in total. The predicted octanol–water partition coefficient (Wildman–Crippen LogP) is 1.72. The molecule has 5 nitrogen and oxygen atoms in total. The van der Waals surface area contributed by atoms with E-state index in [0.717, 1.165) is 11.3 Å². The van der Waals surface area contributed by atoms with E-state index in [9.17, 15) is 13.6 Å². The molecule has 0 aliphatic carbocycles. The Morgan fingerprint density at radius 3 is 2.64 bits per heavy atom. The quantitative estimate of drug-likeness (QED) is 0.762. The summed E-state index contributed by atoms with van der Waals surface area (Å²) in [5.41, 5.74) is -0.371. The van der Waals surface area contributed by atoms with Gasteiger partial charge in [0.2, 0.25) is 0 Å². The van der Waals surface area contributed by atoms with Crippen molar-refractivity contribution in [1.29, 1.82) is 10.5 Å². The minimum atomic E-state index is -3.00. The third-order valence-corrected chi connectivity index (χ3v) is 4.21. The summed E-state index contributed by atoms with van der Waals surface area (Å²) in [5, 5.41) is 18.1. The zero-order chi connectivity index (χ0) is 18.4. The van der Waals surface area contributed by atoms with Gasteiger partial charge in [0.1, 0.15) is 22.6 Å². The maximum absolute atomic E-state index is 12.5. The zero-order valence-electron chi connectivity index (χ0n) is 12.8. The summed E-state index contributed by atoms with van der Waals surface area (Å²) in [5.74, 6) is -0.0770. The Morgan fingerprint density at radius 1 is 1.36 bits per heavy atom. The van der Waals surface area contributed by atoms with Crippen molar-refractivity contribution in [2.24, 2.45) is 0 Å². The van der Waals surface area contributed by atoms with Gasteiger partial charge < -0.3 is 4.74 Å². The number of alkyl halides is 2. The number of aromatic nitrogens is 1. The molecule has 0 aliphatic rings. The molecule has 0 saturated carbocycles. The Bertz CT molecular complexity index is 1040. The standard InChI is InChI=1S/C17H11F2N3O2S/c1-2-7-22-15(23)14(25-16(22)12(9-20)10-21)8-11-5-3-4-6-13(11)24-17(18)19/h2-6,8,17H,1,7H2/b14-8-. The average Bonchev–Trinajstić information content (AvgIpc) is 2.87. The molecule has 0 saturated heterocycles. The van der Waals surface area contributed by atoms with E-state index in [-0.39, 0.29) is 32.6 Å². The summed E-state index contributed by atoms with van der Waals surface area (Å²) >= 11 is 0.928. The molecule has 126 valence electrons. The number of nitrogens with zero attached hydrogens (tertiary/aromatic N) is 3. The van der Waals surface area contributed by atoms with E-state index in [1.54, 1.807) is 18.2 Å². The second-order valence-corrected chi connectivity index (χ2v) is 5.67. The average molecular weight is 359 g/mol. The lowest BCUT2D eigenvalue weighted by Crippen LogP contribution is -2.31. The number of nitriles is 2. The van der Waals surface area contributed by atoms with Crippen molar-refractivity contribution in [2.45, 2.75) is 13.2 Å². The Hall–Kier alpha value is -3.23. The second kappa shape index (κ2) is 8.04. The van der Waals surface area contributed by atoms with Crippen LogP contribution in [-0.2, 0) is 6.54 Å². The van der Waals surface area contributed by atoms with E-state index in [4.69, 9.17) is 10.5 Å². The van der Waals surface area contributed by atoms with E-state index < -0.39 is 12.2 Å². The van der Waals surface area contributed by atoms with Crippen LogP contribution in [0.25, 0.3) is 11.6 Å². The number of benzene rings is 1. The van der Waals surface area contributed by atoms with Crippen molar-refractivity contribution >= 4 is 23.0 Å². The van der Waals surface area contributed by atoms with E-state index in [0.29, 0.717) is 0 Å². The highest BCUT2D eigenvalue weighted by Gasteiger charge is 2.11. The first-order valence-electron chi connectivity index (χ1n) is 6.92. The number of ether oxygens (including phenoxy) is 1. The topological polar surface area (TPSA) is 78.8 Å². The van der Waals surface area contributed by atoms with Crippen LogP contribution < -0.4 is 19.5 Å². The lowest BCUT2D eigenvalue weighted by Gasteiger charge is -2.06. The fourth-order valence-electron chi connectivity index (χ4n) is 2.07. The van der Waals surface area contributed by atoms with Crippen LogP contribution in [0.5, 0.6) is 5.75 Å². The molecular formula is C17H11F2N3O2S. The van der Waals surface area contributed by atoms with Crippen LogP contribution in [0, 0.1) is 22.7 Å². The SMILES string of the molecule is C=CCn1c(=C(C#N)C#N)s/c(=C\c2ccccc2OC(F)F)c1=O. The van der Waals surface area contributed by atoms with Crippen LogP contribution >= 0.6 is 11.3 Å².